The molecule has 0 unspecified atom stereocenters. The monoisotopic (exact) mass is 361 g/mol. The molecule has 26 heavy (non-hydrogen) atoms. The van der Waals surface area contributed by atoms with E-state index in [2.05, 4.69) is 4.90 Å². The van der Waals surface area contributed by atoms with Crippen LogP contribution in [0.4, 0.5) is 24.5 Å². The van der Waals surface area contributed by atoms with E-state index in [9.17, 15) is 13.2 Å². The molecule has 7 heteroatoms. The molecule has 0 saturated carbocycles. The van der Waals surface area contributed by atoms with Crippen molar-refractivity contribution in [2.45, 2.75) is 6.18 Å². The summed E-state index contributed by atoms with van der Waals surface area (Å²) in [5.41, 5.74) is 0.283. The highest BCUT2D eigenvalue weighted by Crippen LogP contribution is 2.34. The molecule has 0 atom stereocenters. The molecule has 136 valence electrons. The van der Waals surface area contributed by atoms with Gasteiger partial charge in [-0.25, -0.2) is 0 Å². The molecule has 3 rings (SSSR count). The van der Waals surface area contributed by atoms with Gasteiger partial charge in [0.1, 0.15) is 5.75 Å². The first-order chi connectivity index (χ1) is 12.4. The van der Waals surface area contributed by atoms with Crippen molar-refractivity contribution in [3.05, 3.63) is 53.6 Å². The van der Waals surface area contributed by atoms with Crippen molar-refractivity contribution in [2.75, 3.05) is 43.1 Å². The lowest BCUT2D eigenvalue weighted by Gasteiger charge is -2.37. The Balaban J connectivity index is 1.75. The van der Waals surface area contributed by atoms with Crippen LogP contribution in [-0.2, 0) is 6.18 Å². The van der Waals surface area contributed by atoms with Gasteiger partial charge in [0.15, 0.2) is 0 Å². The fraction of sp³-hybridized carbons (Fsp3) is 0.316. The number of halogens is 3. The Morgan fingerprint density at radius 3 is 2.12 bits per heavy atom. The van der Waals surface area contributed by atoms with Crippen LogP contribution in [0.15, 0.2) is 42.5 Å². The van der Waals surface area contributed by atoms with Gasteiger partial charge in [-0.3, -0.25) is 0 Å². The van der Waals surface area contributed by atoms with Gasteiger partial charge in [-0.15, -0.1) is 0 Å². The van der Waals surface area contributed by atoms with Crippen LogP contribution in [0.1, 0.15) is 11.1 Å². The van der Waals surface area contributed by atoms with Crippen LogP contribution >= 0.6 is 0 Å². The number of ether oxygens (including phenoxy) is 1. The molecule has 0 spiro atoms. The summed E-state index contributed by atoms with van der Waals surface area (Å²) in [6.45, 7) is 2.57. The first-order valence-electron chi connectivity index (χ1n) is 8.17. The van der Waals surface area contributed by atoms with Crippen molar-refractivity contribution in [3.8, 4) is 11.8 Å². The van der Waals surface area contributed by atoms with Gasteiger partial charge in [-0.2, -0.15) is 18.4 Å². The Morgan fingerprint density at radius 2 is 1.58 bits per heavy atom. The van der Waals surface area contributed by atoms with Gasteiger partial charge in [0.2, 0.25) is 0 Å². The van der Waals surface area contributed by atoms with Crippen molar-refractivity contribution < 1.29 is 17.9 Å². The van der Waals surface area contributed by atoms with Crippen molar-refractivity contribution in [2.24, 2.45) is 0 Å². The predicted octanol–water partition coefficient (Wildman–Crippen LogP) is 3.91. The molecule has 0 radical (unpaired) electrons. The maximum absolute atomic E-state index is 13.1. The quantitative estimate of drug-likeness (QED) is 0.831. The second kappa shape index (κ2) is 7.16. The highest BCUT2D eigenvalue weighted by molar-refractivity contribution is 5.57. The van der Waals surface area contributed by atoms with Crippen molar-refractivity contribution in [1.29, 1.82) is 5.26 Å². The van der Waals surface area contributed by atoms with Gasteiger partial charge < -0.3 is 14.5 Å². The summed E-state index contributed by atoms with van der Waals surface area (Å²) in [4.78, 5) is 4.08. The summed E-state index contributed by atoms with van der Waals surface area (Å²) in [5.74, 6) is 0.770. The highest BCUT2D eigenvalue weighted by Gasteiger charge is 2.34. The molecule has 1 fully saturated rings. The second-order valence-electron chi connectivity index (χ2n) is 6.02. The summed E-state index contributed by atoms with van der Waals surface area (Å²) in [6.07, 6.45) is -4.54. The van der Waals surface area contributed by atoms with Crippen LogP contribution in [0.5, 0.6) is 5.75 Å². The van der Waals surface area contributed by atoms with E-state index in [0.717, 1.165) is 17.5 Å². The molecule has 0 amide bonds. The Hall–Kier alpha value is -2.88. The summed E-state index contributed by atoms with van der Waals surface area (Å²) in [7, 11) is 1.61. The normalized spacial score (nSPS) is 14.9. The lowest BCUT2D eigenvalue weighted by atomic mass is 10.1. The van der Waals surface area contributed by atoms with E-state index in [-0.39, 0.29) is 5.56 Å². The molecule has 1 aliphatic rings. The van der Waals surface area contributed by atoms with Gasteiger partial charge in [-0.05, 0) is 30.3 Å². The molecule has 0 N–H and O–H groups in total. The van der Waals surface area contributed by atoms with Crippen LogP contribution in [0.25, 0.3) is 0 Å². The van der Waals surface area contributed by atoms with Gasteiger partial charge in [0, 0.05) is 43.6 Å². The minimum atomic E-state index is -4.54. The molecule has 1 aliphatic heterocycles. The van der Waals surface area contributed by atoms with Gasteiger partial charge in [0.05, 0.1) is 24.3 Å². The minimum Gasteiger partial charge on any atom is -0.497 e. The third-order valence-corrected chi connectivity index (χ3v) is 4.49. The number of rotatable bonds is 3. The first kappa shape index (κ1) is 17.9. The molecule has 0 bridgehead atoms. The predicted molar refractivity (Wildman–Crippen MR) is 93.6 cm³/mol. The standard InChI is InChI=1S/C19H18F3N3O/c1-26-17-4-2-3-15(11-17)24-7-9-25(10-8-24)16-6-5-14(13-23)18(12-16)19(20,21)22/h2-6,11-12H,7-10H2,1H3. The number of nitriles is 1. The number of alkyl halides is 3. The van der Waals surface area contributed by atoms with E-state index in [1.807, 2.05) is 29.2 Å². The molecular formula is C19H18F3N3O. The number of nitrogens with zero attached hydrogens (tertiary/aromatic N) is 3. The maximum Gasteiger partial charge on any atom is 0.417 e. The zero-order valence-electron chi connectivity index (χ0n) is 14.3. The van der Waals surface area contributed by atoms with E-state index in [1.54, 1.807) is 19.2 Å². The summed E-state index contributed by atoms with van der Waals surface area (Å²) in [6, 6.07) is 13.2. The number of hydrogen-bond acceptors (Lipinski definition) is 4. The topological polar surface area (TPSA) is 39.5 Å². The Labute approximate surface area is 150 Å². The smallest absolute Gasteiger partial charge is 0.417 e. The molecule has 0 aromatic heterocycles. The van der Waals surface area contributed by atoms with E-state index in [1.165, 1.54) is 6.07 Å². The first-order valence-corrected chi connectivity index (χ1v) is 8.17. The maximum atomic E-state index is 13.1. The molecule has 2 aromatic carbocycles. The molecule has 4 nitrogen and oxygen atoms in total. The van der Waals surface area contributed by atoms with Gasteiger partial charge >= 0.3 is 6.18 Å². The van der Waals surface area contributed by atoms with Gasteiger partial charge in [0.25, 0.3) is 0 Å². The van der Waals surface area contributed by atoms with E-state index < -0.39 is 11.7 Å². The number of anilines is 2. The third-order valence-electron chi connectivity index (χ3n) is 4.49. The van der Waals surface area contributed by atoms with Crippen molar-refractivity contribution in [1.82, 2.24) is 0 Å². The minimum absolute atomic E-state index is 0.351. The SMILES string of the molecule is COc1cccc(N2CCN(c3ccc(C#N)c(C(F)(F)F)c3)CC2)c1. The Kier molecular flexibility index (Phi) is 4.94. The van der Waals surface area contributed by atoms with Crippen LogP contribution in [-0.4, -0.2) is 33.3 Å². The number of piperazine rings is 1. The fourth-order valence-electron chi connectivity index (χ4n) is 3.09. The highest BCUT2D eigenvalue weighted by atomic mass is 19.4. The van der Waals surface area contributed by atoms with Crippen molar-refractivity contribution in [3.63, 3.8) is 0 Å². The van der Waals surface area contributed by atoms with Crippen LogP contribution in [0.2, 0.25) is 0 Å². The lowest BCUT2D eigenvalue weighted by Crippen LogP contribution is -2.46. The zero-order chi connectivity index (χ0) is 18.7. The van der Waals surface area contributed by atoms with Crippen LogP contribution in [0.3, 0.4) is 0 Å². The molecule has 1 saturated heterocycles. The Morgan fingerprint density at radius 1 is 0.962 bits per heavy atom. The molecule has 1 heterocycles. The van der Waals surface area contributed by atoms with E-state index in [0.29, 0.717) is 31.9 Å². The van der Waals surface area contributed by atoms with Crippen LogP contribution in [0, 0.1) is 11.3 Å². The van der Waals surface area contributed by atoms with Crippen molar-refractivity contribution >= 4 is 11.4 Å². The summed E-state index contributed by atoms with van der Waals surface area (Å²) >= 11 is 0. The summed E-state index contributed by atoms with van der Waals surface area (Å²) < 4.78 is 44.7. The van der Waals surface area contributed by atoms with Gasteiger partial charge in [-0.1, -0.05) is 6.07 Å². The molecular weight excluding hydrogens is 343 g/mol. The number of methoxy groups -OCH3 is 1. The van der Waals surface area contributed by atoms with E-state index >= 15 is 0 Å². The summed E-state index contributed by atoms with van der Waals surface area (Å²) in [5, 5.41) is 8.91. The Bertz CT molecular complexity index is 822. The largest absolute Gasteiger partial charge is 0.497 e. The second-order valence-corrected chi connectivity index (χ2v) is 6.02. The number of hydrogen-bond donors (Lipinski definition) is 0. The number of benzene rings is 2. The van der Waals surface area contributed by atoms with Crippen LogP contribution < -0.4 is 14.5 Å². The average molecular weight is 361 g/mol. The lowest BCUT2D eigenvalue weighted by molar-refractivity contribution is -0.137. The zero-order valence-corrected chi connectivity index (χ0v) is 14.3. The van der Waals surface area contributed by atoms with E-state index in [4.69, 9.17) is 10.00 Å². The fourth-order valence-corrected chi connectivity index (χ4v) is 3.09. The molecule has 2 aromatic rings. The molecule has 0 aliphatic carbocycles. The average Bonchev–Trinajstić information content (AvgIpc) is 2.67. The third kappa shape index (κ3) is 3.69.